The molecular weight excluding hydrogens is 308 g/mol. The van der Waals surface area contributed by atoms with Crippen LogP contribution in [0.25, 0.3) is 0 Å². The molecular formula is C17H26N4O3. The highest BCUT2D eigenvalue weighted by molar-refractivity contribution is 5.90. The van der Waals surface area contributed by atoms with Crippen molar-refractivity contribution in [1.82, 2.24) is 19.4 Å². The van der Waals surface area contributed by atoms with Crippen LogP contribution in [0, 0.1) is 5.41 Å². The van der Waals surface area contributed by atoms with Gasteiger partial charge in [-0.3, -0.25) is 9.59 Å². The number of ether oxygens (including phenoxy) is 1. The van der Waals surface area contributed by atoms with E-state index in [0.29, 0.717) is 25.4 Å². The molecule has 7 nitrogen and oxygen atoms in total. The van der Waals surface area contributed by atoms with Crippen molar-refractivity contribution >= 4 is 11.8 Å². The SMILES string of the molecule is COCCN1CC2(CCC1=O)CCN(C(=O)c1nccn1C)CC2. The van der Waals surface area contributed by atoms with Gasteiger partial charge in [0.2, 0.25) is 5.91 Å². The third kappa shape index (κ3) is 3.31. The zero-order valence-electron chi connectivity index (χ0n) is 14.5. The number of hydrogen-bond acceptors (Lipinski definition) is 4. The molecule has 3 rings (SSSR count). The smallest absolute Gasteiger partial charge is 0.289 e. The third-order valence-electron chi connectivity index (χ3n) is 5.44. The lowest BCUT2D eigenvalue weighted by Crippen LogP contribution is -2.53. The highest BCUT2D eigenvalue weighted by atomic mass is 16.5. The average Bonchev–Trinajstić information content (AvgIpc) is 3.02. The number of nitrogens with zero attached hydrogens (tertiary/aromatic N) is 4. The van der Waals surface area contributed by atoms with Gasteiger partial charge in [0.25, 0.3) is 5.91 Å². The van der Waals surface area contributed by atoms with Crippen molar-refractivity contribution in [2.24, 2.45) is 12.5 Å². The normalized spacial score (nSPS) is 20.7. The number of likely N-dealkylation sites (tertiary alicyclic amines) is 2. The Hall–Kier alpha value is -1.89. The van der Waals surface area contributed by atoms with Crippen LogP contribution < -0.4 is 0 Å². The predicted octanol–water partition coefficient (Wildman–Crippen LogP) is 0.911. The molecule has 24 heavy (non-hydrogen) atoms. The number of imidazole rings is 1. The van der Waals surface area contributed by atoms with Gasteiger partial charge in [-0.05, 0) is 24.7 Å². The van der Waals surface area contributed by atoms with Crippen LogP contribution in [-0.4, -0.2) is 71.1 Å². The van der Waals surface area contributed by atoms with Crippen molar-refractivity contribution in [1.29, 1.82) is 0 Å². The van der Waals surface area contributed by atoms with Crippen molar-refractivity contribution in [2.75, 3.05) is 39.9 Å². The van der Waals surface area contributed by atoms with Gasteiger partial charge < -0.3 is 19.1 Å². The van der Waals surface area contributed by atoms with Crippen LogP contribution in [0.4, 0.5) is 0 Å². The Balaban J connectivity index is 1.60. The Kier molecular flexibility index (Phi) is 4.89. The molecule has 2 amide bonds. The summed E-state index contributed by atoms with van der Waals surface area (Å²) < 4.78 is 6.88. The fraction of sp³-hybridized carbons (Fsp3) is 0.706. The van der Waals surface area contributed by atoms with Crippen LogP contribution in [0.5, 0.6) is 0 Å². The number of rotatable bonds is 4. The molecule has 0 bridgehead atoms. The van der Waals surface area contributed by atoms with Crippen LogP contribution >= 0.6 is 0 Å². The van der Waals surface area contributed by atoms with Crippen LogP contribution in [-0.2, 0) is 16.6 Å². The van der Waals surface area contributed by atoms with E-state index in [1.165, 1.54) is 0 Å². The van der Waals surface area contributed by atoms with E-state index in [2.05, 4.69) is 4.98 Å². The zero-order chi connectivity index (χ0) is 17.2. The van der Waals surface area contributed by atoms with Crippen LogP contribution in [0.2, 0.25) is 0 Å². The molecule has 0 radical (unpaired) electrons. The van der Waals surface area contributed by atoms with E-state index in [4.69, 9.17) is 4.74 Å². The van der Waals surface area contributed by atoms with Gasteiger partial charge in [-0.2, -0.15) is 0 Å². The molecule has 2 aliphatic rings. The maximum atomic E-state index is 12.6. The predicted molar refractivity (Wildman–Crippen MR) is 88.5 cm³/mol. The van der Waals surface area contributed by atoms with E-state index in [1.54, 1.807) is 24.1 Å². The molecule has 0 aliphatic carbocycles. The molecule has 7 heteroatoms. The van der Waals surface area contributed by atoms with Gasteiger partial charge in [0.05, 0.1) is 6.61 Å². The lowest BCUT2D eigenvalue weighted by atomic mass is 9.72. The van der Waals surface area contributed by atoms with Gasteiger partial charge in [0.15, 0.2) is 5.82 Å². The largest absolute Gasteiger partial charge is 0.383 e. The van der Waals surface area contributed by atoms with Crippen molar-refractivity contribution in [2.45, 2.75) is 25.7 Å². The first kappa shape index (κ1) is 17.0. The van der Waals surface area contributed by atoms with E-state index in [1.807, 2.05) is 16.8 Å². The molecule has 0 saturated carbocycles. The first-order chi connectivity index (χ1) is 11.5. The molecule has 0 atom stereocenters. The number of methoxy groups -OCH3 is 1. The van der Waals surface area contributed by atoms with E-state index in [-0.39, 0.29) is 17.2 Å². The summed E-state index contributed by atoms with van der Waals surface area (Å²) in [6.07, 6.45) is 6.87. The number of carbonyl (C=O) groups is 2. The molecule has 2 fully saturated rings. The number of amides is 2. The minimum absolute atomic E-state index is 0.000440. The second-order valence-corrected chi connectivity index (χ2v) is 6.96. The molecule has 132 valence electrons. The summed E-state index contributed by atoms with van der Waals surface area (Å²) in [6.45, 7) is 3.49. The maximum absolute atomic E-state index is 12.6. The van der Waals surface area contributed by atoms with E-state index >= 15 is 0 Å². The van der Waals surface area contributed by atoms with Crippen LogP contribution in [0.3, 0.4) is 0 Å². The number of hydrogen-bond donors (Lipinski definition) is 0. The lowest BCUT2D eigenvalue weighted by molar-refractivity contribution is -0.139. The monoisotopic (exact) mass is 334 g/mol. The third-order valence-corrected chi connectivity index (χ3v) is 5.44. The van der Waals surface area contributed by atoms with Gasteiger partial charge in [0.1, 0.15) is 0 Å². The van der Waals surface area contributed by atoms with Gasteiger partial charge in [-0.1, -0.05) is 0 Å². The average molecular weight is 334 g/mol. The molecule has 1 aromatic rings. The summed E-state index contributed by atoms with van der Waals surface area (Å²) >= 11 is 0. The lowest BCUT2D eigenvalue weighted by Gasteiger charge is -2.47. The summed E-state index contributed by atoms with van der Waals surface area (Å²) in [4.78, 5) is 32.6. The Morgan fingerprint density at radius 3 is 2.71 bits per heavy atom. The molecule has 0 unspecified atom stereocenters. The van der Waals surface area contributed by atoms with E-state index in [0.717, 1.165) is 38.9 Å². The molecule has 3 heterocycles. The van der Waals surface area contributed by atoms with Crippen molar-refractivity contribution in [3.05, 3.63) is 18.2 Å². The Labute approximate surface area is 142 Å². The quantitative estimate of drug-likeness (QED) is 0.821. The van der Waals surface area contributed by atoms with Gasteiger partial charge in [0, 0.05) is 59.2 Å². The number of piperidine rings is 2. The van der Waals surface area contributed by atoms with Gasteiger partial charge >= 0.3 is 0 Å². The summed E-state index contributed by atoms with van der Waals surface area (Å²) in [5, 5.41) is 0. The first-order valence-electron chi connectivity index (χ1n) is 8.58. The van der Waals surface area contributed by atoms with Crippen molar-refractivity contribution in [3.8, 4) is 0 Å². The molecule has 1 aromatic heterocycles. The summed E-state index contributed by atoms with van der Waals surface area (Å²) in [7, 11) is 3.50. The standard InChI is InChI=1S/C17H26N4O3/c1-19-10-7-18-15(19)16(23)20-8-5-17(6-9-20)4-3-14(22)21(13-17)11-12-24-2/h7,10H,3-6,8-9,11-13H2,1-2H3. The topological polar surface area (TPSA) is 67.7 Å². The first-order valence-corrected chi connectivity index (χ1v) is 8.58. The Morgan fingerprint density at radius 2 is 2.08 bits per heavy atom. The molecule has 2 saturated heterocycles. The maximum Gasteiger partial charge on any atom is 0.289 e. The van der Waals surface area contributed by atoms with E-state index < -0.39 is 0 Å². The minimum Gasteiger partial charge on any atom is -0.383 e. The van der Waals surface area contributed by atoms with Crippen molar-refractivity contribution < 1.29 is 14.3 Å². The van der Waals surface area contributed by atoms with E-state index in [9.17, 15) is 9.59 Å². The number of carbonyl (C=O) groups excluding carboxylic acids is 2. The summed E-state index contributed by atoms with van der Waals surface area (Å²) in [5.74, 6) is 0.719. The van der Waals surface area contributed by atoms with Crippen molar-refractivity contribution in [3.63, 3.8) is 0 Å². The molecule has 2 aliphatic heterocycles. The molecule has 1 spiro atoms. The fourth-order valence-corrected chi connectivity index (χ4v) is 3.81. The fourth-order valence-electron chi connectivity index (χ4n) is 3.81. The van der Waals surface area contributed by atoms with Gasteiger partial charge in [-0.25, -0.2) is 4.98 Å². The van der Waals surface area contributed by atoms with Gasteiger partial charge in [-0.15, -0.1) is 0 Å². The Morgan fingerprint density at radius 1 is 1.33 bits per heavy atom. The zero-order valence-corrected chi connectivity index (χ0v) is 14.5. The highest BCUT2D eigenvalue weighted by Gasteiger charge is 2.41. The summed E-state index contributed by atoms with van der Waals surface area (Å²) in [5.41, 5.74) is 0.153. The highest BCUT2D eigenvalue weighted by Crippen LogP contribution is 2.40. The Bertz CT molecular complexity index is 605. The molecule has 0 aromatic carbocycles. The second kappa shape index (κ2) is 6.93. The number of aromatic nitrogens is 2. The van der Waals surface area contributed by atoms with Crippen LogP contribution in [0.15, 0.2) is 12.4 Å². The second-order valence-electron chi connectivity index (χ2n) is 6.96. The van der Waals surface area contributed by atoms with Crippen LogP contribution in [0.1, 0.15) is 36.3 Å². The summed E-state index contributed by atoms with van der Waals surface area (Å²) in [6, 6.07) is 0. The molecule has 0 N–H and O–H groups in total. The minimum atomic E-state index is 0.000440. The number of aryl methyl sites for hydroxylation is 1.